The Kier molecular flexibility index (Phi) is 4.29. The van der Waals surface area contributed by atoms with Gasteiger partial charge < -0.3 is 9.73 Å². The molecule has 1 amide bonds. The standard InChI is InChI=1S/C21H12N2O3S/c22-12-13-7-9-14(10-8-13)21(25)23-18-15-4-1-2-5-16(15)26-20(18)19(24)17-6-3-11-27-17/h1-11H,(H,23,25). The molecule has 0 saturated heterocycles. The van der Waals surface area contributed by atoms with E-state index in [1.54, 1.807) is 54.6 Å². The molecular formula is C21H12N2O3S. The summed E-state index contributed by atoms with van der Waals surface area (Å²) in [6.45, 7) is 0. The van der Waals surface area contributed by atoms with Gasteiger partial charge in [-0.1, -0.05) is 18.2 Å². The average molecular weight is 372 g/mol. The molecule has 2 aromatic carbocycles. The minimum atomic E-state index is -0.383. The van der Waals surface area contributed by atoms with E-state index in [0.717, 1.165) is 0 Å². The van der Waals surface area contributed by atoms with Crippen molar-refractivity contribution in [1.29, 1.82) is 5.26 Å². The molecular weight excluding hydrogens is 360 g/mol. The van der Waals surface area contributed by atoms with Crippen LogP contribution in [0.15, 0.2) is 70.5 Å². The van der Waals surface area contributed by atoms with E-state index in [1.807, 2.05) is 17.5 Å². The summed E-state index contributed by atoms with van der Waals surface area (Å²) in [7, 11) is 0. The number of rotatable bonds is 4. The van der Waals surface area contributed by atoms with Gasteiger partial charge in [-0.25, -0.2) is 0 Å². The number of carbonyl (C=O) groups is 2. The molecule has 0 unspecified atom stereocenters. The van der Waals surface area contributed by atoms with Gasteiger partial charge in [-0.2, -0.15) is 5.26 Å². The number of nitrogens with one attached hydrogen (secondary N) is 1. The van der Waals surface area contributed by atoms with Crippen LogP contribution in [0.4, 0.5) is 5.69 Å². The van der Waals surface area contributed by atoms with Crippen LogP contribution in [0.25, 0.3) is 11.0 Å². The SMILES string of the molecule is N#Cc1ccc(C(=O)Nc2c(C(=O)c3cccs3)oc3ccccc23)cc1. The number of thiophene rings is 1. The Morgan fingerprint density at radius 1 is 1.00 bits per heavy atom. The Morgan fingerprint density at radius 2 is 1.78 bits per heavy atom. The number of ketones is 1. The first kappa shape index (κ1) is 16.8. The monoisotopic (exact) mass is 372 g/mol. The number of nitrogens with zero attached hydrogens (tertiary/aromatic N) is 1. The van der Waals surface area contributed by atoms with Crippen molar-refractivity contribution in [3.63, 3.8) is 0 Å². The molecule has 0 spiro atoms. The van der Waals surface area contributed by atoms with Crippen LogP contribution < -0.4 is 5.32 Å². The summed E-state index contributed by atoms with van der Waals surface area (Å²) in [5, 5.41) is 14.1. The van der Waals surface area contributed by atoms with Gasteiger partial charge >= 0.3 is 0 Å². The molecule has 2 aromatic heterocycles. The van der Waals surface area contributed by atoms with Crippen LogP contribution in [0.1, 0.15) is 31.4 Å². The Bertz CT molecular complexity index is 1180. The summed E-state index contributed by atoms with van der Waals surface area (Å²) in [5.41, 5.74) is 1.72. The number of furan rings is 1. The number of fused-ring (bicyclic) bond motifs is 1. The number of hydrogen-bond donors (Lipinski definition) is 1. The Morgan fingerprint density at radius 3 is 2.48 bits per heavy atom. The van der Waals surface area contributed by atoms with E-state index in [-0.39, 0.29) is 17.5 Å². The second-order valence-electron chi connectivity index (χ2n) is 5.75. The fourth-order valence-electron chi connectivity index (χ4n) is 2.73. The minimum Gasteiger partial charge on any atom is -0.450 e. The van der Waals surface area contributed by atoms with E-state index in [2.05, 4.69) is 5.32 Å². The van der Waals surface area contributed by atoms with E-state index < -0.39 is 0 Å². The van der Waals surface area contributed by atoms with E-state index in [0.29, 0.717) is 32.7 Å². The molecule has 0 aliphatic heterocycles. The van der Waals surface area contributed by atoms with Gasteiger partial charge in [0.25, 0.3) is 5.91 Å². The summed E-state index contributed by atoms with van der Waals surface area (Å²) in [6.07, 6.45) is 0. The highest BCUT2D eigenvalue weighted by Crippen LogP contribution is 2.33. The fraction of sp³-hybridized carbons (Fsp3) is 0. The first-order chi connectivity index (χ1) is 13.2. The molecule has 0 saturated carbocycles. The summed E-state index contributed by atoms with van der Waals surface area (Å²) in [5.74, 6) is -0.566. The molecule has 0 atom stereocenters. The number of amides is 1. The molecule has 0 bridgehead atoms. The molecule has 0 fully saturated rings. The van der Waals surface area contributed by atoms with Crippen LogP contribution in [-0.4, -0.2) is 11.7 Å². The topological polar surface area (TPSA) is 83.1 Å². The number of anilines is 1. The Hall–Kier alpha value is -3.69. The first-order valence-electron chi connectivity index (χ1n) is 8.08. The fourth-order valence-corrected chi connectivity index (χ4v) is 3.39. The highest BCUT2D eigenvalue weighted by atomic mass is 32.1. The third kappa shape index (κ3) is 3.12. The molecule has 1 N–H and O–H groups in total. The molecule has 2 heterocycles. The van der Waals surface area contributed by atoms with Gasteiger partial charge in [-0.3, -0.25) is 9.59 Å². The van der Waals surface area contributed by atoms with E-state index in [1.165, 1.54) is 11.3 Å². The van der Waals surface area contributed by atoms with E-state index >= 15 is 0 Å². The van der Waals surface area contributed by atoms with Gasteiger partial charge in [-0.05, 0) is 47.8 Å². The van der Waals surface area contributed by atoms with Crippen molar-refractivity contribution in [2.45, 2.75) is 0 Å². The molecule has 0 aliphatic rings. The smallest absolute Gasteiger partial charge is 0.255 e. The molecule has 5 nitrogen and oxygen atoms in total. The van der Waals surface area contributed by atoms with Crippen molar-refractivity contribution < 1.29 is 14.0 Å². The van der Waals surface area contributed by atoms with Gasteiger partial charge in [0.15, 0.2) is 5.76 Å². The van der Waals surface area contributed by atoms with Crippen molar-refractivity contribution in [3.05, 3.63) is 87.8 Å². The third-order valence-electron chi connectivity index (χ3n) is 4.06. The maximum atomic E-state index is 12.8. The second-order valence-corrected chi connectivity index (χ2v) is 6.70. The van der Waals surface area contributed by atoms with Crippen molar-refractivity contribution in [3.8, 4) is 6.07 Å². The third-order valence-corrected chi connectivity index (χ3v) is 4.93. The number of carbonyl (C=O) groups excluding carboxylic acids is 2. The highest BCUT2D eigenvalue weighted by molar-refractivity contribution is 7.12. The molecule has 4 rings (SSSR count). The summed E-state index contributed by atoms with van der Waals surface area (Å²) in [6, 6.07) is 18.9. The molecule has 130 valence electrons. The van der Waals surface area contributed by atoms with Gasteiger partial charge in [-0.15, -0.1) is 11.3 Å². The predicted octanol–water partition coefficient (Wildman–Crippen LogP) is 4.85. The van der Waals surface area contributed by atoms with Crippen molar-refractivity contribution >= 4 is 39.7 Å². The molecule has 0 aliphatic carbocycles. The van der Waals surface area contributed by atoms with Crippen LogP contribution in [0.3, 0.4) is 0 Å². The van der Waals surface area contributed by atoms with Crippen LogP contribution in [0.5, 0.6) is 0 Å². The summed E-state index contributed by atoms with van der Waals surface area (Å²) in [4.78, 5) is 26.0. The highest BCUT2D eigenvalue weighted by Gasteiger charge is 2.24. The van der Waals surface area contributed by atoms with Gasteiger partial charge in [0, 0.05) is 10.9 Å². The average Bonchev–Trinajstić information content (AvgIpc) is 3.36. The van der Waals surface area contributed by atoms with Crippen LogP contribution >= 0.6 is 11.3 Å². The lowest BCUT2D eigenvalue weighted by Gasteiger charge is -2.06. The Balaban J connectivity index is 1.75. The zero-order valence-electron chi connectivity index (χ0n) is 13.9. The van der Waals surface area contributed by atoms with E-state index in [9.17, 15) is 9.59 Å². The van der Waals surface area contributed by atoms with Crippen molar-refractivity contribution in [2.75, 3.05) is 5.32 Å². The number of nitriles is 1. The number of para-hydroxylation sites is 1. The molecule has 0 radical (unpaired) electrons. The lowest BCUT2D eigenvalue weighted by molar-refractivity contribution is 0.102. The quantitative estimate of drug-likeness (QED) is 0.519. The van der Waals surface area contributed by atoms with Gasteiger partial charge in [0.05, 0.1) is 22.2 Å². The zero-order chi connectivity index (χ0) is 18.8. The van der Waals surface area contributed by atoms with Crippen LogP contribution in [0.2, 0.25) is 0 Å². The van der Waals surface area contributed by atoms with Crippen LogP contribution in [-0.2, 0) is 0 Å². The summed E-state index contributed by atoms with van der Waals surface area (Å²) >= 11 is 1.31. The minimum absolute atomic E-state index is 0.0978. The number of benzene rings is 2. The zero-order valence-corrected chi connectivity index (χ0v) is 14.7. The lowest BCUT2D eigenvalue weighted by Crippen LogP contribution is -2.14. The van der Waals surface area contributed by atoms with Crippen LogP contribution in [0, 0.1) is 11.3 Å². The summed E-state index contributed by atoms with van der Waals surface area (Å²) < 4.78 is 5.76. The largest absolute Gasteiger partial charge is 0.450 e. The van der Waals surface area contributed by atoms with Gasteiger partial charge in [0.2, 0.25) is 5.78 Å². The molecule has 27 heavy (non-hydrogen) atoms. The second kappa shape index (κ2) is 6.90. The Labute approximate surface area is 158 Å². The van der Waals surface area contributed by atoms with Crippen molar-refractivity contribution in [2.24, 2.45) is 0 Å². The normalized spacial score (nSPS) is 10.5. The molecule has 6 heteroatoms. The molecule has 4 aromatic rings. The van der Waals surface area contributed by atoms with Crippen molar-refractivity contribution in [1.82, 2.24) is 0 Å². The maximum absolute atomic E-state index is 12.8. The number of hydrogen-bond acceptors (Lipinski definition) is 5. The van der Waals surface area contributed by atoms with Gasteiger partial charge in [0.1, 0.15) is 5.58 Å². The lowest BCUT2D eigenvalue weighted by atomic mass is 10.1. The van der Waals surface area contributed by atoms with E-state index in [4.69, 9.17) is 9.68 Å². The maximum Gasteiger partial charge on any atom is 0.255 e. The predicted molar refractivity (Wildman–Crippen MR) is 103 cm³/mol. The first-order valence-corrected chi connectivity index (χ1v) is 8.96.